The van der Waals surface area contributed by atoms with Crippen LogP contribution in [0.5, 0.6) is 0 Å². The van der Waals surface area contributed by atoms with Crippen LogP contribution in [0.3, 0.4) is 0 Å². The van der Waals surface area contributed by atoms with Crippen molar-refractivity contribution in [3.63, 3.8) is 0 Å². The minimum atomic E-state index is -0.269. The molecule has 164 valence electrons. The molecule has 0 heterocycles. The third-order valence-corrected chi connectivity index (χ3v) is 6.02. The minimum Gasteiger partial charge on any atom is -1.00 e. The van der Waals surface area contributed by atoms with Gasteiger partial charge in [-0.05, 0) is 44.1 Å². The Balaban J connectivity index is -0.00000312. The third kappa shape index (κ3) is 15.2. The second-order valence-corrected chi connectivity index (χ2v) is 8.83. The number of hydrogen-bond donors (Lipinski definition) is 3. The lowest BCUT2D eigenvalue weighted by atomic mass is 9.91. The number of Topliss-reactive ketones (excluding diaryl/α,β-unsaturated/α-hetero) is 2. The lowest BCUT2D eigenvalue weighted by Gasteiger charge is -2.18. The number of carbonyl (C=O) groups is 3. The molecule has 0 bridgehead atoms. The number of rotatable bonds is 15. The molecular formula is C19H35Cl2N3O3S. The van der Waals surface area contributed by atoms with Gasteiger partial charge in [0.05, 0.1) is 25.4 Å². The van der Waals surface area contributed by atoms with Crippen molar-refractivity contribution in [2.45, 2.75) is 45.1 Å². The number of likely N-dealkylation sites (N-methyl/N-ethyl adjacent to an activating group) is 1. The molecule has 0 aliphatic carbocycles. The fourth-order valence-corrected chi connectivity index (χ4v) is 4.05. The molecule has 0 aromatic heterocycles. The predicted octanol–water partition coefficient (Wildman–Crippen LogP) is -6.45. The van der Waals surface area contributed by atoms with E-state index in [9.17, 15) is 14.4 Å². The Morgan fingerprint density at radius 3 is 2.32 bits per heavy atom. The molecule has 0 saturated carbocycles. The molecule has 1 unspecified atom stereocenters. The first-order valence-corrected chi connectivity index (χ1v) is 11.1. The summed E-state index contributed by atoms with van der Waals surface area (Å²) in [5, 5.41) is 5.72. The molecule has 0 aliphatic heterocycles. The summed E-state index contributed by atoms with van der Waals surface area (Å²) in [4.78, 5) is 36.1. The van der Waals surface area contributed by atoms with E-state index in [4.69, 9.17) is 6.42 Å². The van der Waals surface area contributed by atoms with Gasteiger partial charge in [0.1, 0.15) is 17.3 Å². The van der Waals surface area contributed by atoms with Crippen molar-refractivity contribution in [1.82, 2.24) is 10.6 Å². The van der Waals surface area contributed by atoms with Crippen molar-refractivity contribution in [2.75, 3.05) is 37.9 Å². The average molecular weight is 456 g/mol. The first-order valence-electron chi connectivity index (χ1n) is 9.14. The van der Waals surface area contributed by atoms with Crippen LogP contribution in [0.25, 0.3) is 0 Å². The summed E-state index contributed by atoms with van der Waals surface area (Å²) in [7, 11) is 1.64. The Morgan fingerprint density at radius 1 is 1.18 bits per heavy atom. The Kier molecular flexibility index (Phi) is 22.3. The SMILES string of the molecule is C#CCNC(=O)C[S+](C)CC[C@H](CC(=O)[C@H](CCCC[NH3+])NC)C(C)=O.[Cl-].[Cl-]. The molecule has 1 amide bonds. The molecule has 0 rings (SSSR count). The standard InChI is InChI=1S/C19H33N3O3S.2ClH/c1-5-11-22-19(25)14-26(4)12-9-16(15(2)23)13-18(24)17(21-3)8-6-7-10-20;;/h1,16-17,21H,6-14,20H2,2-4H3;2*1H/t16-,17+,26?;;/m1../s1. The lowest BCUT2D eigenvalue weighted by molar-refractivity contribution is -0.368. The number of unbranched alkanes of at least 4 members (excludes halogenated alkanes) is 1. The molecule has 0 radical (unpaired) electrons. The molecule has 0 aromatic carbocycles. The maximum Gasteiger partial charge on any atom is 0.270 e. The summed E-state index contributed by atoms with van der Waals surface area (Å²) < 4.78 is 0. The van der Waals surface area contributed by atoms with Crippen LogP contribution in [0, 0.1) is 18.3 Å². The monoisotopic (exact) mass is 455 g/mol. The second-order valence-electron chi connectivity index (χ2n) is 6.57. The fraction of sp³-hybridized carbons (Fsp3) is 0.737. The molecular weight excluding hydrogens is 421 g/mol. The van der Waals surface area contributed by atoms with Gasteiger partial charge in [-0.2, -0.15) is 0 Å². The number of ketones is 2. The normalized spacial score (nSPS) is 13.1. The van der Waals surface area contributed by atoms with Crippen molar-refractivity contribution in [3.8, 4) is 12.3 Å². The number of quaternary nitrogens is 1. The summed E-state index contributed by atoms with van der Waals surface area (Å²) in [6.07, 6.45) is 10.8. The summed E-state index contributed by atoms with van der Waals surface area (Å²) in [5.41, 5.74) is 3.82. The second kappa shape index (κ2) is 19.5. The number of terminal acetylenes is 1. The van der Waals surface area contributed by atoms with Gasteiger partial charge in [0.15, 0.2) is 5.75 Å². The van der Waals surface area contributed by atoms with E-state index in [1.807, 2.05) is 6.26 Å². The van der Waals surface area contributed by atoms with Crippen LogP contribution in [0.15, 0.2) is 0 Å². The number of halogens is 2. The largest absolute Gasteiger partial charge is 1.00 e. The topological polar surface area (TPSA) is 103 Å². The average Bonchev–Trinajstić information content (AvgIpc) is 2.60. The first kappa shape index (κ1) is 31.9. The van der Waals surface area contributed by atoms with E-state index in [-0.39, 0.29) is 78.1 Å². The highest BCUT2D eigenvalue weighted by atomic mass is 35.5. The van der Waals surface area contributed by atoms with Crippen molar-refractivity contribution < 1.29 is 44.9 Å². The number of nitrogens with one attached hydrogen (secondary N) is 2. The molecule has 0 saturated heterocycles. The highest BCUT2D eigenvalue weighted by Gasteiger charge is 2.26. The molecule has 3 atom stereocenters. The van der Waals surface area contributed by atoms with E-state index in [0.29, 0.717) is 12.2 Å². The van der Waals surface area contributed by atoms with Crippen LogP contribution >= 0.6 is 0 Å². The van der Waals surface area contributed by atoms with Crippen molar-refractivity contribution in [2.24, 2.45) is 5.92 Å². The van der Waals surface area contributed by atoms with Gasteiger partial charge in [-0.3, -0.25) is 14.4 Å². The van der Waals surface area contributed by atoms with Gasteiger partial charge in [0, 0.05) is 18.8 Å². The van der Waals surface area contributed by atoms with Gasteiger partial charge >= 0.3 is 0 Å². The lowest BCUT2D eigenvalue weighted by Crippen LogP contribution is -3.00. The summed E-state index contributed by atoms with van der Waals surface area (Å²) in [5.74, 6) is 3.34. The van der Waals surface area contributed by atoms with Gasteiger partial charge < -0.3 is 41.2 Å². The Bertz CT molecular complexity index is 501. The van der Waals surface area contributed by atoms with Crippen molar-refractivity contribution in [1.29, 1.82) is 0 Å². The van der Waals surface area contributed by atoms with E-state index in [0.717, 1.165) is 31.6 Å². The van der Waals surface area contributed by atoms with Gasteiger partial charge in [-0.1, -0.05) is 5.92 Å². The smallest absolute Gasteiger partial charge is 0.270 e. The highest BCUT2D eigenvalue weighted by Crippen LogP contribution is 2.16. The molecule has 0 fully saturated rings. The van der Waals surface area contributed by atoms with E-state index in [1.54, 1.807) is 14.0 Å². The Morgan fingerprint density at radius 2 is 1.82 bits per heavy atom. The molecule has 5 N–H and O–H groups in total. The van der Waals surface area contributed by atoms with Crippen LogP contribution < -0.4 is 41.2 Å². The molecule has 6 nitrogen and oxygen atoms in total. The van der Waals surface area contributed by atoms with Crippen LogP contribution in [0.4, 0.5) is 0 Å². The number of carbonyl (C=O) groups excluding carboxylic acids is 3. The summed E-state index contributed by atoms with van der Waals surface area (Å²) >= 11 is 0. The quantitative estimate of drug-likeness (QED) is 0.130. The van der Waals surface area contributed by atoms with E-state index >= 15 is 0 Å². The van der Waals surface area contributed by atoms with E-state index in [2.05, 4.69) is 22.3 Å². The molecule has 0 aliphatic rings. The Labute approximate surface area is 185 Å². The number of amides is 1. The van der Waals surface area contributed by atoms with Crippen LogP contribution in [0.1, 0.15) is 39.0 Å². The van der Waals surface area contributed by atoms with Gasteiger partial charge in [-0.25, -0.2) is 0 Å². The van der Waals surface area contributed by atoms with Crippen LogP contribution in [-0.4, -0.2) is 61.4 Å². The van der Waals surface area contributed by atoms with Gasteiger partial charge in [0.2, 0.25) is 0 Å². The van der Waals surface area contributed by atoms with E-state index < -0.39 is 0 Å². The zero-order valence-corrected chi connectivity index (χ0v) is 19.5. The maximum atomic E-state index is 12.5. The van der Waals surface area contributed by atoms with Crippen molar-refractivity contribution in [3.05, 3.63) is 0 Å². The molecule has 9 heteroatoms. The van der Waals surface area contributed by atoms with Gasteiger partial charge in [0.25, 0.3) is 5.91 Å². The van der Waals surface area contributed by atoms with Crippen LogP contribution in [0.2, 0.25) is 0 Å². The van der Waals surface area contributed by atoms with Crippen LogP contribution in [-0.2, 0) is 25.3 Å². The summed E-state index contributed by atoms with van der Waals surface area (Å²) in [6.45, 7) is 2.65. The Hall–Kier alpha value is -0.780. The fourth-order valence-electron chi connectivity index (χ4n) is 2.67. The highest BCUT2D eigenvalue weighted by molar-refractivity contribution is 7.96. The first-order chi connectivity index (χ1) is 12.3. The third-order valence-electron chi connectivity index (χ3n) is 4.33. The molecule has 28 heavy (non-hydrogen) atoms. The molecule has 0 aromatic rings. The van der Waals surface area contributed by atoms with E-state index in [1.165, 1.54) is 0 Å². The zero-order chi connectivity index (χ0) is 19.9. The van der Waals surface area contributed by atoms with Gasteiger partial charge in [-0.15, -0.1) is 6.42 Å². The minimum absolute atomic E-state index is 0. The summed E-state index contributed by atoms with van der Waals surface area (Å²) in [6, 6.07) is -0.196. The zero-order valence-electron chi connectivity index (χ0n) is 17.2. The predicted molar refractivity (Wildman–Crippen MR) is 108 cm³/mol. The molecule has 0 spiro atoms. The maximum absolute atomic E-state index is 12.5. The van der Waals surface area contributed by atoms with Crippen molar-refractivity contribution >= 4 is 28.4 Å². The number of hydrogen-bond acceptors (Lipinski definition) is 4.